The van der Waals surface area contributed by atoms with Crippen LogP contribution in [-0.2, 0) is 6.42 Å². The first-order valence-corrected chi connectivity index (χ1v) is 8.26. The average Bonchev–Trinajstić information content (AvgIpc) is 2.37. The molecule has 0 spiro atoms. The molecule has 0 aromatic heterocycles. The molecule has 0 heterocycles. The van der Waals surface area contributed by atoms with E-state index in [0.717, 1.165) is 9.13 Å². The molecule has 19 heavy (non-hydrogen) atoms. The largest absolute Gasteiger partial charge is 0.207 e. The second-order valence-corrected chi connectivity index (χ2v) is 7.15. The van der Waals surface area contributed by atoms with Gasteiger partial charge in [-0.25, -0.2) is 4.39 Å². The maximum Gasteiger partial charge on any atom is 0.127 e. The summed E-state index contributed by atoms with van der Waals surface area (Å²) in [6.07, 6.45) is 0.474. The van der Waals surface area contributed by atoms with Gasteiger partial charge in [0.25, 0.3) is 0 Å². The van der Waals surface area contributed by atoms with E-state index in [2.05, 4.69) is 38.5 Å². The molecule has 0 saturated carbocycles. The monoisotopic (exact) mass is 472 g/mol. The zero-order valence-electron chi connectivity index (χ0n) is 9.64. The summed E-state index contributed by atoms with van der Waals surface area (Å²) in [4.78, 5) is -0.0347. The lowest BCUT2D eigenvalue weighted by Crippen LogP contribution is -2.01. The topological polar surface area (TPSA) is 0 Å². The quantitative estimate of drug-likeness (QED) is 0.356. The van der Waals surface area contributed by atoms with Gasteiger partial charge in [0.05, 0.1) is 0 Å². The SMILES string of the molecule is Fc1cccc(Cl)c1CC(Br)c1cc(Cl)ccc1I. The van der Waals surface area contributed by atoms with Gasteiger partial charge in [-0.3, -0.25) is 0 Å². The van der Waals surface area contributed by atoms with Crippen LogP contribution in [0.2, 0.25) is 10.0 Å². The first kappa shape index (κ1) is 15.5. The molecule has 2 aromatic carbocycles. The van der Waals surface area contributed by atoms with Crippen molar-refractivity contribution < 1.29 is 4.39 Å². The van der Waals surface area contributed by atoms with Gasteiger partial charge < -0.3 is 0 Å². The molecule has 0 amide bonds. The van der Waals surface area contributed by atoms with E-state index >= 15 is 0 Å². The number of benzene rings is 2. The van der Waals surface area contributed by atoms with Crippen LogP contribution in [0, 0.1) is 9.39 Å². The molecule has 0 bridgehead atoms. The maximum atomic E-state index is 13.8. The number of alkyl halides is 1. The van der Waals surface area contributed by atoms with Crippen LogP contribution in [0.25, 0.3) is 0 Å². The fourth-order valence-electron chi connectivity index (χ4n) is 1.77. The van der Waals surface area contributed by atoms with E-state index in [1.165, 1.54) is 6.07 Å². The normalized spacial score (nSPS) is 12.5. The number of halogens is 5. The lowest BCUT2D eigenvalue weighted by atomic mass is 10.0. The van der Waals surface area contributed by atoms with Crippen LogP contribution < -0.4 is 0 Å². The first-order chi connectivity index (χ1) is 8.99. The molecule has 0 aliphatic heterocycles. The van der Waals surface area contributed by atoms with E-state index in [1.807, 2.05) is 18.2 Å². The summed E-state index contributed by atoms with van der Waals surface area (Å²) in [6, 6.07) is 10.4. The third kappa shape index (κ3) is 3.84. The average molecular weight is 474 g/mol. The minimum absolute atomic E-state index is 0.0347. The van der Waals surface area contributed by atoms with Gasteiger partial charge in [0.1, 0.15) is 5.82 Å². The van der Waals surface area contributed by atoms with Crippen LogP contribution in [0.15, 0.2) is 36.4 Å². The third-order valence-corrected chi connectivity index (χ3v) is 5.13. The van der Waals surface area contributed by atoms with Gasteiger partial charge >= 0.3 is 0 Å². The smallest absolute Gasteiger partial charge is 0.127 e. The highest BCUT2D eigenvalue weighted by atomic mass is 127. The van der Waals surface area contributed by atoms with Crippen molar-refractivity contribution in [3.05, 3.63) is 67.0 Å². The number of hydrogen-bond donors (Lipinski definition) is 0. The molecular weight excluding hydrogens is 465 g/mol. The zero-order valence-corrected chi connectivity index (χ0v) is 14.9. The van der Waals surface area contributed by atoms with Crippen molar-refractivity contribution in [3.8, 4) is 0 Å². The summed E-state index contributed by atoms with van der Waals surface area (Å²) >= 11 is 17.9. The summed E-state index contributed by atoms with van der Waals surface area (Å²) in [6.45, 7) is 0. The highest BCUT2D eigenvalue weighted by Gasteiger charge is 2.16. The Balaban J connectivity index is 2.31. The Labute approximate surface area is 143 Å². The molecule has 0 radical (unpaired) electrons. The second kappa shape index (κ2) is 6.74. The van der Waals surface area contributed by atoms with Gasteiger partial charge in [-0.15, -0.1) is 0 Å². The van der Waals surface area contributed by atoms with Crippen LogP contribution in [-0.4, -0.2) is 0 Å². The summed E-state index contributed by atoms with van der Waals surface area (Å²) < 4.78 is 14.9. The predicted molar refractivity (Wildman–Crippen MR) is 91.0 cm³/mol. The molecule has 1 atom stereocenters. The van der Waals surface area contributed by atoms with Crippen molar-refractivity contribution in [1.82, 2.24) is 0 Å². The minimum Gasteiger partial charge on any atom is -0.207 e. The lowest BCUT2D eigenvalue weighted by molar-refractivity contribution is 0.608. The lowest BCUT2D eigenvalue weighted by Gasteiger charge is -2.14. The van der Waals surface area contributed by atoms with Crippen LogP contribution in [0.1, 0.15) is 16.0 Å². The summed E-state index contributed by atoms with van der Waals surface area (Å²) in [7, 11) is 0. The van der Waals surface area contributed by atoms with Crippen LogP contribution in [0.3, 0.4) is 0 Å². The van der Waals surface area contributed by atoms with Crippen molar-refractivity contribution in [2.75, 3.05) is 0 Å². The van der Waals surface area contributed by atoms with Crippen molar-refractivity contribution in [3.63, 3.8) is 0 Å². The van der Waals surface area contributed by atoms with E-state index in [0.29, 0.717) is 22.0 Å². The molecule has 0 aliphatic carbocycles. The summed E-state index contributed by atoms with van der Waals surface area (Å²) in [5, 5.41) is 1.11. The van der Waals surface area contributed by atoms with Gasteiger partial charge in [0, 0.05) is 24.0 Å². The third-order valence-electron chi connectivity index (χ3n) is 2.74. The Morgan fingerprint density at radius 1 is 1.21 bits per heavy atom. The molecule has 0 fully saturated rings. The fraction of sp³-hybridized carbons (Fsp3) is 0.143. The molecule has 2 aromatic rings. The number of hydrogen-bond acceptors (Lipinski definition) is 0. The highest BCUT2D eigenvalue weighted by molar-refractivity contribution is 14.1. The summed E-state index contributed by atoms with van der Waals surface area (Å²) in [5.41, 5.74) is 1.55. The van der Waals surface area contributed by atoms with Crippen molar-refractivity contribution in [2.45, 2.75) is 11.2 Å². The fourth-order valence-corrected chi connectivity index (χ4v) is 4.03. The van der Waals surface area contributed by atoms with Crippen molar-refractivity contribution in [2.24, 2.45) is 0 Å². The molecule has 0 N–H and O–H groups in total. The minimum atomic E-state index is -0.283. The van der Waals surface area contributed by atoms with Crippen LogP contribution >= 0.6 is 61.7 Å². The van der Waals surface area contributed by atoms with Crippen molar-refractivity contribution in [1.29, 1.82) is 0 Å². The number of rotatable bonds is 3. The molecule has 0 nitrogen and oxygen atoms in total. The molecule has 100 valence electrons. The van der Waals surface area contributed by atoms with Gasteiger partial charge in [-0.05, 0) is 64.9 Å². The molecule has 2 rings (SSSR count). The second-order valence-electron chi connectivity index (χ2n) is 4.04. The predicted octanol–water partition coefficient (Wildman–Crippen LogP) is 6.42. The van der Waals surface area contributed by atoms with Crippen LogP contribution in [0.4, 0.5) is 4.39 Å². The Hall–Kier alpha value is 0.160. The standard InChI is InChI=1S/C14H9BrCl2FI/c15-11(9-6-8(16)4-5-14(9)19)7-10-12(17)2-1-3-13(10)18/h1-6,11H,7H2. The Morgan fingerprint density at radius 3 is 2.63 bits per heavy atom. The van der Waals surface area contributed by atoms with E-state index < -0.39 is 0 Å². The molecule has 0 aliphatic rings. The van der Waals surface area contributed by atoms with Gasteiger partial charge in [0.15, 0.2) is 0 Å². The van der Waals surface area contributed by atoms with Gasteiger partial charge in [-0.2, -0.15) is 0 Å². The molecule has 5 heteroatoms. The van der Waals surface area contributed by atoms with Gasteiger partial charge in [0.2, 0.25) is 0 Å². The van der Waals surface area contributed by atoms with E-state index in [9.17, 15) is 4.39 Å². The van der Waals surface area contributed by atoms with E-state index in [1.54, 1.807) is 12.1 Å². The molecule has 0 saturated heterocycles. The first-order valence-electron chi connectivity index (χ1n) is 5.51. The molecular formula is C14H9BrCl2FI. The summed E-state index contributed by atoms with van der Waals surface area (Å²) in [5.74, 6) is -0.283. The van der Waals surface area contributed by atoms with E-state index in [-0.39, 0.29) is 10.6 Å². The zero-order chi connectivity index (χ0) is 14.0. The highest BCUT2D eigenvalue weighted by Crippen LogP contribution is 2.34. The van der Waals surface area contributed by atoms with Gasteiger partial charge in [-0.1, -0.05) is 45.2 Å². The Morgan fingerprint density at radius 2 is 1.95 bits per heavy atom. The van der Waals surface area contributed by atoms with Crippen LogP contribution in [0.5, 0.6) is 0 Å². The maximum absolute atomic E-state index is 13.8. The van der Waals surface area contributed by atoms with Crippen molar-refractivity contribution >= 4 is 61.7 Å². The Bertz CT molecular complexity index is 584. The Kier molecular flexibility index (Phi) is 5.52. The molecule has 1 unspecified atom stereocenters. The van der Waals surface area contributed by atoms with E-state index in [4.69, 9.17) is 23.2 Å².